The molecule has 0 aliphatic carbocycles. The minimum absolute atomic E-state index is 0.841. The normalized spacial score (nSPS) is 40.9. The second-order valence-electron chi connectivity index (χ2n) is 3.50. The van der Waals surface area contributed by atoms with E-state index in [0.717, 1.165) is 0 Å². The third-order valence-electron chi connectivity index (χ3n) is 2.31. The molecule has 0 saturated carbocycles. The highest BCUT2D eigenvalue weighted by Crippen LogP contribution is 2.22. The van der Waals surface area contributed by atoms with Crippen LogP contribution in [0.25, 0.3) is 0 Å². The van der Waals surface area contributed by atoms with E-state index in [9.17, 15) is 18.6 Å². The van der Waals surface area contributed by atoms with Gasteiger partial charge in [-0.2, -0.15) is 8.42 Å². The van der Waals surface area contributed by atoms with Gasteiger partial charge in [-0.1, -0.05) is 0 Å². The number of rotatable bonds is 3. The summed E-state index contributed by atoms with van der Waals surface area (Å²) in [5.41, 5.74) is 0. The van der Waals surface area contributed by atoms with Crippen LogP contribution in [0, 0.1) is 0 Å². The maximum absolute atomic E-state index is 10.7. The highest BCUT2D eigenvalue weighted by molar-refractivity contribution is 7.85. The lowest BCUT2D eigenvalue weighted by Gasteiger charge is -2.39. The quantitative estimate of drug-likeness (QED) is 0.403. The first kappa shape index (κ1) is 13.8. The highest BCUT2D eigenvalue weighted by Gasteiger charge is 2.45. The molecule has 5 atom stereocenters. The summed E-state index contributed by atoms with van der Waals surface area (Å²) >= 11 is 0. The summed E-state index contributed by atoms with van der Waals surface area (Å²) in [7, 11) is -3.16. The summed E-state index contributed by atoms with van der Waals surface area (Å²) < 4.78 is 39.4. The van der Waals surface area contributed by atoms with Gasteiger partial charge in [-0.25, -0.2) is 0 Å². The van der Waals surface area contributed by atoms with E-state index in [1.165, 1.54) is 7.11 Å². The Morgan fingerprint density at radius 1 is 1.25 bits per heavy atom. The van der Waals surface area contributed by atoms with Crippen LogP contribution in [-0.4, -0.2) is 71.9 Å². The second kappa shape index (κ2) is 4.92. The standard InChI is InChI=1S/C7H14O8S/c1-14-6-3(2-16(11,12)13)15-7(10)5(9)4(6)8/h3-10H,2H2,1H3,(H,11,12,13)/t3-,4-,5-,6+,7-/m1/s1. The Morgan fingerprint density at radius 3 is 2.25 bits per heavy atom. The molecule has 1 heterocycles. The molecule has 0 unspecified atom stereocenters. The van der Waals surface area contributed by atoms with Gasteiger partial charge in [-0.15, -0.1) is 0 Å². The minimum Gasteiger partial charge on any atom is -0.387 e. The largest absolute Gasteiger partial charge is 0.387 e. The van der Waals surface area contributed by atoms with Crippen LogP contribution < -0.4 is 0 Å². The van der Waals surface area contributed by atoms with Gasteiger partial charge in [0.15, 0.2) is 6.29 Å². The number of hydrogen-bond acceptors (Lipinski definition) is 7. The fraction of sp³-hybridized carbons (Fsp3) is 1.00. The molecule has 16 heavy (non-hydrogen) atoms. The maximum Gasteiger partial charge on any atom is 0.267 e. The zero-order chi connectivity index (χ0) is 12.5. The molecule has 0 radical (unpaired) electrons. The van der Waals surface area contributed by atoms with Gasteiger partial charge < -0.3 is 24.8 Å². The molecular weight excluding hydrogens is 244 g/mol. The number of hydrogen-bond donors (Lipinski definition) is 4. The van der Waals surface area contributed by atoms with Gasteiger partial charge >= 0.3 is 0 Å². The van der Waals surface area contributed by atoms with E-state index < -0.39 is 46.6 Å². The molecule has 0 bridgehead atoms. The molecule has 1 fully saturated rings. The van der Waals surface area contributed by atoms with Crippen LogP contribution in [0.5, 0.6) is 0 Å². The van der Waals surface area contributed by atoms with Gasteiger partial charge in [-0.3, -0.25) is 4.55 Å². The van der Waals surface area contributed by atoms with Crippen LogP contribution in [0.4, 0.5) is 0 Å². The molecule has 0 amide bonds. The van der Waals surface area contributed by atoms with E-state index in [0.29, 0.717) is 0 Å². The van der Waals surface area contributed by atoms with Crippen molar-refractivity contribution in [1.29, 1.82) is 0 Å². The van der Waals surface area contributed by atoms with Crippen molar-refractivity contribution < 1.29 is 37.8 Å². The first-order valence-corrected chi connectivity index (χ1v) is 6.05. The zero-order valence-corrected chi connectivity index (χ0v) is 9.24. The van der Waals surface area contributed by atoms with E-state index in [2.05, 4.69) is 0 Å². The van der Waals surface area contributed by atoms with Gasteiger partial charge in [0, 0.05) is 7.11 Å². The number of methoxy groups -OCH3 is 1. The first-order valence-electron chi connectivity index (χ1n) is 4.44. The Morgan fingerprint density at radius 2 is 1.81 bits per heavy atom. The molecule has 4 N–H and O–H groups in total. The van der Waals surface area contributed by atoms with Gasteiger partial charge in [0.25, 0.3) is 10.1 Å². The van der Waals surface area contributed by atoms with Crippen molar-refractivity contribution in [3.05, 3.63) is 0 Å². The van der Waals surface area contributed by atoms with Gasteiger partial charge in [0.1, 0.15) is 30.2 Å². The molecule has 8 nitrogen and oxygen atoms in total. The zero-order valence-electron chi connectivity index (χ0n) is 8.42. The van der Waals surface area contributed by atoms with Crippen LogP contribution in [0.2, 0.25) is 0 Å². The first-order chi connectivity index (χ1) is 7.26. The lowest BCUT2D eigenvalue weighted by Crippen LogP contribution is -2.59. The van der Waals surface area contributed by atoms with Gasteiger partial charge in [-0.05, 0) is 0 Å². The Balaban J connectivity index is 2.83. The minimum atomic E-state index is -4.34. The molecule has 1 rings (SSSR count). The van der Waals surface area contributed by atoms with Crippen molar-refractivity contribution in [1.82, 2.24) is 0 Å². The van der Waals surface area contributed by atoms with E-state index >= 15 is 0 Å². The van der Waals surface area contributed by atoms with Crippen LogP contribution >= 0.6 is 0 Å². The predicted octanol–water partition coefficient (Wildman–Crippen LogP) is -2.67. The van der Waals surface area contributed by atoms with Crippen molar-refractivity contribution >= 4 is 10.1 Å². The van der Waals surface area contributed by atoms with Crippen molar-refractivity contribution in [3.8, 4) is 0 Å². The Kier molecular flexibility index (Phi) is 4.23. The van der Waals surface area contributed by atoms with E-state index in [-0.39, 0.29) is 0 Å². The molecule has 1 saturated heterocycles. The molecule has 1 aliphatic heterocycles. The van der Waals surface area contributed by atoms with Crippen molar-refractivity contribution in [2.75, 3.05) is 12.9 Å². The summed E-state index contributed by atoms with van der Waals surface area (Å²) in [5, 5.41) is 27.9. The molecule has 1 aliphatic rings. The second-order valence-corrected chi connectivity index (χ2v) is 4.99. The Labute approximate surface area is 92.2 Å². The average molecular weight is 258 g/mol. The van der Waals surface area contributed by atoms with Gasteiger partial charge in [0.05, 0.1) is 0 Å². The number of ether oxygens (including phenoxy) is 2. The van der Waals surface area contributed by atoms with Crippen molar-refractivity contribution in [2.24, 2.45) is 0 Å². The van der Waals surface area contributed by atoms with Crippen LogP contribution in [0.15, 0.2) is 0 Å². The molecule has 0 aromatic carbocycles. The third-order valence-corrected chi connectivity index (χ3v) is 3.06. The topological polar surface area (TPSA) is 134 Å². The summed E-state index contributed by atoms with van der Waals surface area (Å²) in [4.78, 5) is 0. The van der Waals surface area contributed by atoms with Crippen LogP contribution in [0.1, 0.15) is 0 Å². The summed E-state index contributed by atoms with van der Waals surface area (Å²) in [6.07, 6.45) is -7.23. The lowest BCUT2D eigenvalue weighted by molar-refractivity contribution is -0.281. The average Bonchev–Trinajstić information content (AvgIpc) is 2.12. The van der Waals surface area contributed by atoms with Crippen molar-refractivity contribution in [3.63, 3.8) is 0 Å². The highest BCUT2D eigenvalue weighted by atomic mass is 32.2. The van der Waals surface area contributed by atoms with E-state index in [1.807, 2.05) is 0 Å². The summed E-state index contributed by atoms with van der Waals surface area (Å²) in [5.74, 6) is -0.841. The molecule has 9 heteroatoms. The molecule has 0 aromatic rings. The summed E-state index contributed by atoms with van der Waals surface area (Å²) in [6.45, 7) is 0. The number of aliphatic hydroxyl groups is 3. The van der Waals surface area contributed by atoms with E-state index in [1.54, 1.807) is 0 Å². The van der Waals surface area contributed by atoms with Gasteiger partial charge in [0.2, 0.25) is 0 Å². The van der Waals surface area contributed by atoms with Crippen LogP contribution in [-0.2, 0) is 19.6 Å². The smallest absolute Gasteiger partial charge is 0.267 e. The number of aliphatic hydroxyl groups excluding tert-OH is 3. The van der Waals surface area contributed by atoms with Crippen molar-refractivity contribution in [2.45, 2.75) is 30.7 Å². The monoisotopic (exact) mass is 258 g/mol. The van der Waals surface area contributed by atoms with E-state index in [4.69, 9.17) is 19.1 Å². The summed E-state index contributed by atoms with van der Waals surface area (Å²) in [6, 6.07) is 0. The SMILES string of the molecule is CO[C@@H]1[C@H](O)[C@@H](O)[C@H](O)O[C@@H]1CS(=O)(=O)O. The Bertz CT molecular complexity index is 327. The Hall–Kier alpha value is -0.290. The molecular formula is C7H14O8S. The maximum atomic E-state index is 10.7. The lowest BCUT2D eigenvalue weighted by atomic mass is 10.00. The fourth-order valence-electron chi connectivity index (χ4n) is 1.55. The predicted molar refractivity (Wildman–Crippen MR) is 50.1 cm³/mol. The molecule has 0 spiro atoms. The third kappa shape index (κ3) is 3.10. The fourth-order valence-corrected chi connectivity index (χ4v) is 2.24. The molecule has 96 valence electrons. The molecule has 0 aromatic heterocycles. The van der Waals surface area contributed by atoms with Crippen LogP contribution in [0.3, 0.4) is 0 Å².